The monoisotopic (exact) mass is 263 g/mol. The van der Waals surface area contributed by atoms with E-state index in [9.17, 15) is 4.39 Å². The second-order valence-electron chi connectivity index (χ2n) is 3.68. The topological polar surface area (TPSA) is 12.0 Å². The van der Waals surface area contributed by atoms with Crippen LogP contribution in [0.4, 0.5) is 4.39 Å². The Hall–Kier alpha value is -0.310. The lowest BCUT2D eigenvalue weighted by molar-refractivity contribution is 0.476. The van der Waals surface area contributed by atoms with E-state index in [-0.39, 0.29) is 10.8 Å². The zero-order valence-electron chi connectivity index (χ0n) is 9.27. The first-order valence-electron chi connectivity index (χ1n) is 5.41. The molecule has 0 amide bonds. The molecule has 1 aromatic rings. The number of nitrogens with one attached hydrogen (secondary N) is 1. The molecule has 16 heavy (non-hydrogen) atoms. The van der Waals surface area contributed by atoms with Crippen LogP contribution in [0, 0.1) is 5.82 Å². The highest BCUT2D eigenvalue weighted by atomic mass is 35.5. The van der Waals surface area contributed by atoms with Crippen molar-refractivity contribution < 1.29 is 4.39 Å². The average molecular weight is 264 g/mol. The van der Waals surface area contributed by atoms with Crippen LogP contribution in [0.3, 0.4) is 0 Å². The van der Waals surface area contributed by atoms with Crippen molar-refractivity contribution in [2.45, 2.75) is 32.4 Å². The van der Waals surface area contributed by atoms with Gasteiger partial charge in [0.25, 0.3) is 0 Å². The van der Waals surface area contributed by atoms with E-state index in [1.165, 1.54) is 0 Å². The Morgan fingerprint density at radius 3 is 2.81 bits per heavy atom. The number of rotatable bonds is 6. The van der Waals surface area contributed by atoms with Gasteiger partial charge in [-0.3, -0.25) is 0 Å². The summed E-state index contributed by atoms with van der Waals surface area (Å²) in [6.45, 7) is 2.57. The van der Waals surface area contributed by atoms with Crippen LogP contribution < -0.4 is 5.32 Å². The van der Waals surface area contributed by atoms with E-state index in [0.717, 1.165) is 12.8 Å². The van der Waals surface area contributed by atoms with E-state index in [1.54, 1.807) is 18.2 Å². The van der Waals surface area contributed by atoms with E-state index in [0.29, 0.717) is 24.0 Å². The highest BCUT2D eigenvalue weighted by Crippen LogP contribution is 2.17. The minimum atomic E-state index is -0.336. The summed E-state index contributed by atoms with van der Waals surface area (Å²) < 4.78 is 13.5. The maximum absolute atomic E-state index is 13.5. The normalized spacial score (nSPS) is 12.8. The van der Waals surface area contributed by atoms with Gasteiger partial charge in [0.15, 0.2) is 0 Å². The smallest absolute Gasteiger partial charge is 0.146 e. The Labute approximate surface area is 106 Å². The molecule has 0 heterocycles. The fourth-order valence-electron chi connectivity index (χ4n) is 1.52. The zero-order valence-corrected chi connectivity index (χ0v) is 10.8. The number of alkyl halides is 1. The Morgan fingerprint density at radius 2 is 2.19 bits per heavy atom. The largest absolute Gasteiger partial charge is 0.310 e. The summed E-state index contributed by atoms with van der Waals surface area (Å²) >= 11 is 11.4. The first-order chi connectivity index (χ1) is 7.69. The van der Waals surface area contributed by atoms with Gasteiger partial charge in [0, 0.05) is 24.0 Å². The Kier molecular flexibility index (Phi) is 6.10. The number of hydrogen-bond donors (Lipinski definition) is 1. The molecule has 4 heteroatoms. The van der Waals surface area contributed by atoms with Gasteiger partial charge in [0.2, 0.25) is 0 Å². The third-order valence-corrected chi connectivity index (χ3v) is 3.07. The lowest BCUT2D eigenvalue weighted by atomic mass is 10.1. The van der Waals surface area contributed by atoms with Crippen LogP contribution >= 0.6 is 23.2 Å². The molecule has 1 N–H and O–H groups in total. The minimum absolute atomic E-state index is 0.171. The highest BCUT2D eigenvalue weighted by Gasteiger charge is 2.08. The molecule has 0 fully saturated rings. The lowest BCUT2D eigenvalue weighted by Gasteiger charge is -2.16. The van der Waals surface area contributed by atoms with Crippen LogP contribution in [0.2, 0.25) is 5.02 Å². The molecule has 0 aromatic heterocycles. The molecule has 0 saturated carbocycles. The van der Waals surface area contributed by atoms with Crippen molar-refractivity contribution in [3.05, 3.63) is 34.6 Å². The van der Waals surface area contributed by atoms with Crippen molar-refractivity contribution in [2.24, 2.45) is 0 Å². The molecule has 0 aliphatic carbocycles. The molecule has 1 nitrogen and oxygen atoms in total. The van der Waals surface area contributed by atoms with Crippen LogP contribution in [-0.4, -0.2) is 11.9 Å². The minimum Gasteiger partial charge on any atom is -0.310 e. The third kappa shape index (κ3) is 3.93. The van der Waals surface area contributed by atoms with Gasteiger partial charge in [-0.2, -0.15) is 0 Å². The van der Waals surface area contributed by atoms with Crippen LogP contribution in [0.1, 0.15) is 25.3 Å². The van der Waals surface area contributed by atoms with Crippen LogP contribution in [-0.2, 0) is 6.54 Å². The van der Waals surface area contributed by atoms with Gasteiger partial charge in [-0.25, -0.2) is 4.39 Å². The Morgan fingerprint density at radius 1 is 1.44 bits per heavy atom. The molecule has 0 saturated heterocycles. The van der Waals surface area contributed by atoms with Crippen molar-refractivity contribution in [3.63, 3.8) is 0 Å². The first-order valence-corrected chi connectivity index (χ1v) is 6.32. The van der Waals surface area contributed by atoms with Crippen molar-refractivity contribution >= 4 is 23.2 Å². The number of hydrogen-bond acceptors (Lipinski definition) is 1. The van der Waals surface area contributed by atoms with E-state index >= 15 is 0 Å². The molecule has 0 radical (unpaired) electrons. The molecule has 1 unspecified atom stereocenters. The molecule has 90 valence electrons. The molecular formula is C12H16Cl2FN. The summed E-state index contributed by atoms with van der Waals surface area (Å²) in [6.07, 6.45) is 1.87. The maximum Gasteiger partial charge on any atom is 0.146 e. The first kappa shape index (κ1) is 13.8. The second-order valence-corrected chi connectivity index (χ2v) is 4.46. The predicted molar refractivity (Wildman–Crippen MR) is 67.7 cm³/mol. The molecular weight excluding hydrogens is 248 g/mol. The van der Waals surface area contributed by atoms with E-state index in [1.807, 2.05) is 0 Å². The van der Waals surface area contributed by atoms with Gasteiger partial charge in [-0.1, -0.05) is 30.7 Å². The fourth-order valence-corrected chi connectivity index (χ4v) is 1.98. The second kappa shape index (κ2) is 7.10. The average Bonchev–Trinajstić information content (AvgIpc) is 2.29. The van der Waals surface area contributed by atoms with Gasteiger partial charge < -0.3 is 5.32 Å². The zero-order chi connectivity index (χ0) is 12.0. The summed E-state index contributed by atoms with van der Waals surface area (Å²) in [7, 11) is 0. The van der Waals surface area contributed by atoms with Crippen molar-refractivity contribution in [1.29, 1.82) is 0 Å². The van der Waals surface area contributed by atoms with Crippen LogP contribution in [0.15, 0.2) is 18.2 Å². The van der Waals surface area contributed by atoms with Crippen molar-refractivity contribution in [1.82, 2.24) is 5.32 Å². The van der Waals surface area contributed by atoms with Gasteiger partial charge in [0.1, 0.15) is 5.82 Å². The number of benzene rings is 1. The van der Waals surface area contributed by atoms with E-state index < -0.39 is 0 Å². The van der Waals surface area contributed by atoms with Crippen LogP contribution in [0.5, 0.6) is 0 Å². The van der Waals surface area contributed by atoms with Gasteiger partial charge in [-0.05, 0) is 18.9 Å². The summed E-state index contributed by atoms with van der Waals surface area (Å²) in [5.74, 6) is 0.279. The van der Waals surface area contributed by atoms with Crippen LogP contribution in [0.25, 0.3) is 0 Å². The van der Waals surface area contributed by atoms with Crippen molar-refractivity contribution in [2.75, 3.05) is 5.88 Å². The Bertz CT molecular complexity index is 331. The highest BCUT2D eigenvalue weighted by molar-refractivity contribution is 6.30. The predicted octanol–water partition coefficient (Wildman–Crippen LogP) is 3.98. The summed E-state index contributed by atoms with van der Waals surface area (Å²) in [5.41, 5.74) is 0.598. The summed E-state index contributed by atoms with van der Waals surface area (Å²) in [5, 5.41) is 3.44. The van der Waals surface area contributed by atoms with E-state index in [4.69, 9.17) is 23.2 Å². The third-order valence-electron chi connectivity index (χ3n) is 2.56. The standard InChI is InChI=1S/C12H16Cl2FN/c1-2-10(6-7-13)16-8-9-4-3-5-11(14)12(9)15/h3-5,10,16H,2,6-8H2,1H3. The Balaban J connectivity index is 2.56. The maximum atomic E-state index is 13.5. The molecule has 1 aromatic carbocycles. The molecule has 0 aliphatic rings. The van der Waals surface area contributed by atoms with Gasteiger partial charge in [-0.15, -0.1) is 11.6 Å². The van der Waals surface area contributed by atoms with E-state index in [2.05, 4.69) is 12.2 Å². The molecule has 0 spiro atoms. The lowest BCUT2D eigenvalue weighted by Crippen LogP contribution is -2.28. The number of halogens is 3. The fraction of sp³-hybridized carbons (Fsp3) is 0.500. The summed E-state index contributed by atoms with van der Waals surface area (Å²) in [4.78, 5) is 0. The van der Waals surface area contributed by atoms with Gasteiger partial charge >= 0.3 is 0 Å². The van der Waals surface area contributed by atoms with Gasteiger partial charge in [0.05, 0.1) is 5.02 Å². The molecule has 0 aliphatic heterocycles. The molecule has 0 bridgehead atoms. The molecule has 1 atom stereocenters. The van der Waals surface area contributed by atoms with Crippen molar-refractivity contribution in [3.8, 4) is 0 Å². The quantitative estimate of drug-likeness (QED) is 0.766. The molecule has 1 rings (SSSR count). The SMILES string of the molecule is CCC(CCCl)NCc1cccc(Cl)c1F. The summed E-state index contributed by atoms with van der Waals surface area (Å²) in [6, 6.07) is 5.37.